The lowest BCUT2D eigenvalue weighted by Crippen LogP contribution is -2.16. The average molecular weight is 165 g/mol. The first-order chi connectivity index (χ1) is 5.86. The predicted molar refractivity (Wildman–Crippen MR) is 40.7 cm³/mol. The lowest BCUT2D eigenvalue weighted by atomic mass is 10.5. The molecule has 1 N–H and O–H groups in total. The van der Waals surface area contributed by atoms with E-state index in [1.54, 1.807) is 12.4 Å². The molecular formula is C7H7N3O2. The van der Waals surface area contributed by atoms with E-state index in [2.05, 4.69) is 9.97 Å². The summed E-state index contributed by atoms with van der Waals surface area (Å²) in [6.45, 7) is 0.443. The Morgan fingerprint density at radius 1 is 1.67 bits per heavy atom. The first kappa shape index (κ1) is 6.90. The molecule has 2 rings (SSSR count). The molecule has 5 nitrogen and oxygen atoms in total. The minimum absolute atomic E-state index is 0.141. The summed E-state index contributed by atoms with van der Waals surface area (Å²) in [7, 11) is 0. The van der Waals surface area contributed by atoms with Crippen LogP contribution in [-0.2, 0) is 6.54 Å². The fourth-order valence-corrected chi connectivity index (χ4v) is 0.964. The van der Waals surface area contributed by atoms with Crippen molar-refractivity contribution in [1.29, 1.82) is 0 Å². The summed E-state index contributed by atoms with van der Waals surface area (Å²) >= 11 is 0. The molecule has 0 unspecified atom stereocenters. The van der Waals surface area contributed by atoms with E-state index in [-0.39, 0.29) is 5.69 Å². The highest BCUT2D eigenvalue weighted by Gasteiger charge is 1.99. The van der Waals surface area contributed by atoms with Gasteiger partial charge in [0.15, 0.2) is 6.39 Å². The molecule has 0 saturated heterocycles. The van der Waals surface area contributed by atoms with Crippen molar-refractivity contribution in [3.8, 4) is 0 Å². The minimum atomic E-state index is -0.141. The molecule has 0 saturated carbocycles. The average Bonchev–Trinajstić information content (AvgIpc) is 2.65. The van der Waals surface area contributed by atoms with Crippen molar-refractivity contribution >= 4 is 0 Å². The van der Waals surface area contributed by atoms with Gasteiger partial charge in [0.05, 0.1) is 12.2 Å². The van der Waals surface area contributed by atoms with Crippen LogP contribution in [0.2, 0.25) is 0 Å². The maximum absolute atomic E-state index is 11.0. The Hall–Kier alpha value is -1.78. The summed E-state index contributed by atoms with van der Waals surface area (Å²) in [5.41, 5.74) is 0.592. The van der Waals surface area contributed by atoms with Crippen molar-refractivity contribution in [1.82, 2.24) is 14.5 Å². The van der Waals surface area contributed by atoms with Gasteiger partial charge in [0.25, 0.3) is 0 Å². The third-order valence-electron chi connectivity index (χ3n) is 1.54. The van der Waals surface area contributed by atoms with Crippen LogP contribution in [-0.4, -0.2) is 14.5 Å². The first-order valence-corrected chi connectivity index (χ1v) is 3.47. The molecule has 0 atom stereocenters. The lowest BCUT2D eigenvalue weighted by Gasteiger charge is -1.93. The SMILES string of the molecule is O=c1[nH]ccn1Cc1cocn1. The highest BCUT2D eigenvalue weighted by Crippen LogP contribution is 1.95. The van der Waals surface area contributed by atoms with Gasteiger partial charge in [-0.15, -0.1) is 0 Å². The van der Waals surface area contributed by atoms with Crippen molar-refractivity contribution in [3.05, 3.63) is 41.2 Å². The minimum Gasteiger partial charge on any atom is -0.451 e. The maximum atomic E-state index is 11.0. The quantitative estimate of drug-likeness (QED) is 0.691. The molecule has 0 aliphatic heterocycles. The van der Waals surface area contributed by atoms with E-state index in [1.807, 2.05) is 0 Å². The Morgan fingerprint density at radius 2 is 2.58 bits per heavy atom. The summed E-state index contributed by atoms with van der Waals surface area (Å²) in [4.78, 5) is 17.4. The van der Waals surface area contributed by atoms with E-state index in [4.69, 9.17) is 4.42 Å². The van der Waals surface area contributed by atoms with E-state index in [0.29, 0.717) is 6.54 Å². The number of rotatable bonds is 2. The Kier molecular flexibility index (Phi) is 1.55. The summed E-state index contributed by atoms with van der Waals surface area (Å²) in [6, 6.07) is 0. The molecular weight excluding hydrogens is 158 g/mol. The van der Waals surface area contributed by atoms with Crippen LogP contribution in [0.5, 0.6) is 0 Å². The number of hydrogen-bond acceptors (Lipinski definition) is 3. The van der Waals surface area contributed by atoms with Crippen molar-refractivity contribution in [2.24, 2.45) is 0 Å². The second-order valence-electron chi connectivity index (χ2n) is 2.37. The van der Waals surface area contributed by atoms with Gasteiger partial charge >= 0.3 is 5.69 Å². The molecule has 0 spiro atoms. The first-order valence-electron chi connectivity index (χ1n) is 3.47. The zero-order chi connectivity index (χ0) is 8.39. The van der Waals surface area contributed by atoms with Crippen molar-refractivity contribution in [2.75, 3.05) is 0 Å². The van der Waals surface area contributed by atoms with Gasteiger partial charge in [-0.1, -0.05) is 0 Å². The molecule has 5 heteroatoms. The molecule has 0 bridgehead atoms. The van der Waals surface area contributed by atoms with Gasteiger partial charge in [-0.2, -0.15) is 0 Å². The second kappa shape index (κ2) is 2.69. The van der Waals surface area contributed by atoms with Crippen LogP contribution in [0.3, 0.4) is 0 Å². The van der Waals surface area contributed by atoms with E-state index in [9.17, 15) is 4.79 Å². The number of H-pyrrole nitrogens is 1. The zero-order valence-electron chi connectivity index (χ0n) is 6.23. The molecule has 0 aromatic carbocycles. The fourth-order valence-electron chi connectivity index (χ4n) is 0.964. The molecule has 62 valence electrons. The van der Waals surface area contributed by atoms with Crippen LogP contribution >= 0.6 is 0 Å². The number of hydrogen-bond donors (Lipinski definition) is 1. The van der Waals surface area contributed by atoms with Crippen LogP contribution in [0.15, 0.2) is 34.3 Å². The third-order valence-corrected chi connectivity index (χ3v) is 1.54. The molecule has 12 heavy (non-hydrogen) atoms. The van der Waals surface area contributed by atoms with Gasteiger partial charge in [0.2, 0.25) is 0 Å². The monoisotopic (exact) mass is 165 g/mol. The number of imidazole rings is 1. The summed E-state index contributed by atoms with van der Waals surface area (Å²) < 4.78 is 6.28. The maximum Gasteiger partial charge on any atom is 0.325 e. The zero-order valence-corrected chi connectivity index (χ0v) is 6.23. The number of nitrogens with one attached hydrogen (secondary N) is 1. The molecule has 0 amide bonds. The van der Waals surface area contributed by atoms with Crippen molar-refractivity contribution in [3.63, 3.8) is 0 Å². The number of nitrogens with zero attached hydrogens (tertiary/aromatic N) is 2. The smallest absolute Gasteiger partial charge is 0.325 e. The normalized spacial score (nSPS) is 10.3. The van der Waals surface area contributed by atoms with Crippen molar-refractivity contribution in [2.45, 2.75) is 6.54 Å². The van der Waals surface area contributed by atoms with Gasteiger partial charge in [-0.25, -0.2) is 9.78 Å². The van der Waals surface area contributed by atoms with E-state index < -0.39 is 0 Å². The Labute approximate surface area is 67.7 Å². The largest absolute Gasteiger partial charge is 0.451 e. The molecule has 0 fully saturated rings. The Morgan fingerprint density at radius 3 is 3.17 bits per heavy atom. The van der Waals surface area contributed by atoms with Crippen molar-refractivity contribution < 1.29 is 4.42 Å². The molecule has 2 heterocycles. The summed E-state index contributed by atoms with van der Waals surface area (Å²) in [5, 5.41) is 0. The van der Waals surface area contributed by atoms with Crippen LogP contribution < -0.4 is 5.69 Å². The van der Waals surface area contributed by atoms with Gasteiger partial charge in [-0.05, 0) is 0 Å². The summed E-state index contributed by atoms with van der Waals surface area (Å²) in [6.07, 6.45) is 6.10. The van der Waals surface area contributed by atoms with Gasteiger partial charge in [0, 0.05) is 12.4 Å². The van der Waals surface area contributed by atoms with Crippen LogP contribution in [0, 0.1) is 0 Å². The second-order valence-corrected chi connectivity index (χ2v) is 2.37. The molecule has 2 aromatic rings. The fraction of sp³-hybridized carbons (Fsp3) is 0.143. The molecule has 0 aliphatic carbocycles. The Balaban J connectivity index is 2.25. The summed E-state index contributed by atoms with van der Waals surface area (Å²) in [5.74, 6) is 0. The Bertz CT molecular complexity index is 398. The standard InChI is InChI=1S/C7H7N3O2/c11-7-8-1-2-10(7)3-6-4-12-5-9-6/h1-2,4-5H,3H2,(H,8,11). The van der Waals surface area contributed by atoms with E-state index in [0.717, 1.165) is 5.69 Å². The third kappa shape index (κ3) is 1.16. The van der Waals surface area contributed by atoms with Crippen LogP contribution in [0.25, 0.3) is 0 Å². The van der Waals surface area contributed by atoms with E-state index in [1.165, 1.54) is 17.2 Å². The van der Waals surface area contributed by atoms with Crippen LogP contribution in [0.1, 0.15) is 5.69 Å². The van der Waals surface area contributed by atoms with Gasteiger partial charge < -0.3 is 9.40 Å². The van der Waals surface area contributed by atoms with E-state index >= 15 is 0 Å². The van der Waals surface area contributed by atoms with Crippen LogP contribution in [0.4, 0.5) is 0 Å². The molecule has 0 aliphatic rings. The predicted octanol–water partition coefficient (Wildman–Crippen LogP) is 0.213. The topological polar surface area (TPSA) is 63.8 Å². The molecule has 2 aromatic heterocycles. The van der Waals surface area contributed by atoms with Gasteiger partial charge in [0.1, 0.15) is 6.26 Å². The number of aromatic nitrogens is 3. The molecule has 0 radical (unpaired) electrons. The lowest BCUT2D eigenvalue weighted by molar-refractivity contribution is 0.555. The van der Waals surface area contributed by atoms with Gasteiger partial charge in [-0.3, -0.25) is 4.57 Å². The number of oxazole rings is 1. The highest BCUT2D eigenvalue weighted by atomic mass is 16.3. The number of aromatic amines is 1. The highest BCUT2D eigenvalue weighted by molar-refractivity contribution is 4.93.